The Labute approximate surface area is 130 Å². The average Bonchev–Trinajstić information content (AvgIpc) is 3.28. The SMILES string of the molecule is O=C(OC1C(O)C2OC1C1CCCCC12)C1CC2C=CC1C2. The summed E-state index contributed by atoms with van der Waals surface area (Å²) >= 11 is 0. The lowest BCUT2D eigenvalue weighted by Gasteiger charge is -2.38. The van der Waals surface area contributed by atoms with E-state index in [0.29, 0.717) is 23.7 Å². The zero-order valence-electron chi connectivity index (χ0n) is 12.8. The number of carbonyl (C=O) groups is 1. The number of allylic oxidation sites excluding steroid dienone is 2. The Morgan fingerprint density at radius 3 is 2.55 bits per heavy atom. The van der Waals surface area contributed by atoms with E-state index in [9.17, 15) is 9.90 Å². The van der Waals surface area contributed by atoms with Crippen molar-refractivity contribution >= 4 is 5.97 Å². The maximum absolute atomic E-state index is 12.6. The highest BCUT2D eigenvalue weighted by Crippen LogP contribution is 2.51. The molecule has 0 aromatic rings. The van der Waals surface area contributed by atoms with Gasteiger partial charge in [0.2, 0.25) is 0 Å². The first-order chi connectivity index (χ1) is 10.7. The summed E-state index contributed by atoms with van der Waals surface area (Å²) in [6.45, 7) is 0. The second-order valence-corrected chi connectivity index (χ2v) is 7.96. The molecule has 5 rings (SSSR count). The lowest BCUT2D eigenvalue weighted by molar-refractivity contribution is -0.165. The van der Waals surface area contributed by atoms with Crippen molar-refractivity contribution in [2.24, 2.45) is 29.6 Å². The summed E-state index contributed by atoms with van der Waals surface area (Å²) < 4.78 is 11.8. The Hall–Kier alpha value is -0.870. The van der Waals surface area contributed by atoms with Crippen LogP contribution in [0, 0.1) is 29.6 Å². The third kappa shape index (κ3) is 1.80. The van der Waals surface area contributed by atoms with Crippen LogP contribution < -0.4 is 0 Å². The zero-order chi connectivity index (χ0) is 14.8. The van der Waals surface area contributed by atoms with Crippen LogP contribution >= 0.6 is 0 Å². The fourth-order valence-electron chi connectivity index (χ4n) is 5.83. The van der Waals surface area contributed by atoms with E-state index in [1.807, 2.05) is 0 Å². The third-order valence-corrected chi connectivity index (χ3v) is 6.86. The molecule has 0 aromatic carbocycles. The molecular formula is C18H24O4. The first kappa shape index (κ1) is 13.6. The molecule has 2 heterocycles. The van der Waals surface area contributed by atoms with Crippen LogP contribution in [-0.2, 0) is 14.3 Å². The molecule has 1 N–H and O–H groups in total. The third-order valence-electron chi connectivity index (χ3n) is 6.86. The minimum atomic E-state index is -0.623. The predicted octanol–water partition coefficient (Wildman–Crippen LogP) is 2.06. The quantitative estimate of drug-likeness (QED) is 0.627. The largest absolute Gasteiger partial charge is 0.456 e. The number of aliphatic hydroxyl groups is 1. The zero-order valence-corrected chi connectivity index (χ0v) is 12.8. The van der Waals surface area contributed by atoms with Gasteiger partial charge in [-0.05, 0) is 49.4 Å². The first-order valence-corrected chi connectivity index (χ1v) is 8.95. The Balaban J connectivity index is 1.30. The van der Waals surface area contributed by atoms with E-state index in [1.165, 1.54) is 12.8 Å². The summed E-state index contributed by atoms with van der Waals surface area (Å²) in [6, 6.07) is 0. The van der Waals surface area contributed by atoms with Crippen LogP contribution in [0.4, 0.5) is 0 Å². The van der Waals surface area contributed by atoms with Crippen LogP contribution in [-0.4, -0.2) is 35.5 Å². The van der Waals surface area contributed by atoms with E-state index in [1.54, 1.807) is 0 Å². The summed E-state index contributed by atoms with van der Waals surface area (Å²) in [5, 5.41) is 10.5. The van der Waals surface area contributed by atoms with Crippen molar-refractivity contribution < 1.29 is 19.4 Å². The lowest BCUT2D eigenvalue weighted by Crippen LogP contribution is -2.50. The molecular weight excluding hydrogens is 280 g/mol. The standard InChI is InChI=1S/C18H24O4/c19-14-15-11-3-1-2-4-12(11)16(21-15)17(14)22-18(20)13-8-9-5-6-10(13)7-9/h5-6,9-17,19H,1-4,7-8H2. The summed E-state index contributed by atoms with van der Waals surface area (Å²) in [6.07, 6.45) is 9.98. The summed E-state index contributed by atoms with van der Waals surface area (Å²) in [4.78, 5) is 12.6. The Kier molecular flexibility index (Phi) is 2.97. The molecule has 0 amide bonds. The van der Waals surface area contributed by atoms with Crippen molar-refractivity contribution in [2.75, 3.05) is 0 Å². The molecule has 4 nitrogen and oxygen atoms in total. The van der Waals surface area contributed by atoms with Crippen LogP contribution in [0.1, 0.15) is 38.5 Å². The van der Waals surface area contributed by atoms with E-state index in [-0.39, 0.29) is 24.1 Å². The van der Waals surface area contributed by atoms with Gasteiger partial charge in [0.25, 0.3) is 0 Å². The number of carbonyl (C=O) groups excluding carboxylic acids is 1. The predicted molar refractivity (Wildman–Crippen MR) is 78.8 cm³/mol. The van der Waals surface area contributed by atoms with Crippen molar-refractivity contribution in [3.8, 4) is 0 Å². The number of hydrogen-bond acceptors (Lipinski definition) is 4. The normalized spacial score (nSPS) is 54.7. The molecule has 0 radical (unpaired) electrons. The van der Waals surface area contributed by atoms with Gasteiger partial charge in [0.15, 0.2) is 6.10 Å². The minimum Gasteiger partial charge on any atom is -0.456 e. The van der Waals surface area contributed by atoms with E-state index in [4.69, 9.17) is 9.47 Å². The summed E-state index contributed by atoms with van der Waals surface area (Å²) in [5.74, 6) is 1.78. The van der Waals surface area contributed by atoms with Crippen LogP contribution in [0.5, 0.6) is 0 Å². The molecule has 0 spiro atoms. The fourth-order valence-corrected chi connectivity index (χ4v) is 5.83. The molecule has 4 bridgehead atoms. The number of rotatable bonds is 2. The smallest absolute Gasteiger partial charge is 0.310 e. The van der Waals surface area contributed by atoms with Gasteiger partial charge in [-0.25, -0.2) is 0 Å². The second-order valence-electron chi connectivity index (χ2n) is 7.96. The minimum absolute atomic E-state index is 0.00322. The van der Waals surface area contributed by atoms with Crippen molar-refractivity contribution in [2.45, 2.75) is 62.9 Å². The Morgan fingerprint density at radius 2 is 1.86 bits per heavy atom. The Bertz CT molecular complexity index is 513. The van der Waals surface area contributed by atoms with E-state index < -0.39 is 12.2 Å². The maximum Gasteiger partial charge on any atom is 0.310 e. The van der Waals surface area contributed by atoms with Crippen LogP contribution in [0.2, 0.25) is 0 Å². The van der Waals surface area contributed by atoms with Crippen LogP contribution in [0.25, 0.3) is 0 Å². The van der Waals surface area contributed by atoms with Gasteiger partial charge in [-0.15, -0.1) is 0 Å². The summed E-state index contributed by atoms with van der Waals surface area (Å²) in [7, 11) is 0. The highest BCUT2D eigenvalue weighted by Gasteiger charge is 2.61. The van der Waals surface area contributed by atoms with Gasteiger partial charge in [-0.2, -0.15) is 0 Å². The molecule has 22 heavy (non-hydrogen) atoms. The number of aliphatic hydroxyl groups excluding tert-OH is 1. The van der Waals surface area contributed by atoms with Crippen molar-refractivity contribution in [1.82, 2.24) is 0 Å². The van der Waals surface area contributed by atoms with Crippen molar-refractivity contribution in [3.63, 3.8) is 0 Å². The maximum atomic E-state index is 12.6. The molecule has 5 aliphatic rings. The molecule has 2 aliphatic heterocycles. The summed E-state index contributed by atoms with van der Waals surface area (Å²) in [5.41, 5.74) is 0. The van der Waals surface area contributed by atoms with Gasteiger partial charge in [0.05, 0.1) is 12.0 Å². The molecule has 9 atom stereocenters. The van der Waals surface area contributed by atoms with Gasteiger partial charge in [0, 0.05) is 0 Å². The van der Waals surface area contributed by atoms with Gasteiger partial charge in [0.1, 0.15) is 12.2 Å². The fraction of sp³-hybridized carbons (Fsp3) is 0.833. The molecule has 4 heteroatoms. The van der Waals surface area contributed by atoms with E-state index >= 15 is 0 Å². The van der Waals surface area contributed by atoms with E-state index in [0.717, 1.165) is 25.7 Å². The molecule has 2 saturated carbocycles. The van der Waals surface area contributed by atoms with Crippen LogP contribution in [0.3, 0.4) is 0 Å². The number of ether oxygens (including phenoxy) is 2. The van der Waals surface area contributed by atoms with Crippen LogP contribution in [0.15, 0.2) is 12.2 Å². The van der Waals surface area contributed by atoms with Crippen molar-refractivity contribution in [1.29, 1.82) is 0 Å². The first-order valence-electron chi connectivity index (χ1n) is 8.95. The number of hydrogen-bond donors (Lipinski definition) is 1. The molecule has 120 valence electrons. The average molecular weight is 304 g/mol. The lowest BCUT2D eigenvalue weighted by atomic mass is 9.69. The topological polar surface area (TPSA) is 55.8 Å². The molecule has 9 unspecified atom stereocenters. The molecule has 4 fully saturated rings. The second kappa shape index (κ2) is 4.81. The van der Waals surface area contributed by atoms with E-state index in [2.05, 4.69) is 12.2 Å². The van der Waals surface area contributed by atoms with Gasteiger partial charge < -0.3 is 14.6 Å². The molecule has 3 aliphatic carbocycles. The van der Waals surface area contributed by atoms with Crippen molar-refractivity contribution in [3.05, 3.63) is 12.2 Å². The number of fused-ring (bicyclic) bond motifs is 7. The monoisotopic (exact) mass is 304 g/mol. The Morgan fingerprint density at radius 1 is 1.09 bits per heavy atom. The van der Waals surface area contributed by atoms with Gasteiger partial charge in [-0.3, -0.25) is 4.79 Å². The van der Waals surface area contributed by atoms with Gasteiger partial charge in [-0.1, -0.05) is 25.0 Å². The highest BCUT2D eigenvalue weighted by atomic mass is 16.6. The highest BCUT2D eigenvalue weighted by molar-refractivity contribution is 5.74. The number of esters is 1. The molecule has 0 aromatic heterocycles. The van der Waals surface area contributed by atoms with Gasteiger partial charge >= 0.3 is 5.97 Å². The molecule has 2 saturated heterocycles.